The number of carbonyl (C=O) groups is 1. The van der Waals surface area contributed by atoms with Crippen LogP contribution in [0.25, 0.3) is 0 Å². The molecule has 6 nitrogen and oxygen atoms in total. The molecule has 1 aliphatic carbocycles. The van der Waals surface area contributed by atoms with Gasteiger partial charge in [0, 0.05) is 46.3 Å². The van der Waals surface area contributed by atoms with Gasteiger partial charge in [0.25, 0.3) is 0 Å². The third-order valence-corrected chi connectivity index (χ3v) is 5.15. The third-order valence-electron chi connectivity index (χ3n) is 5.15. The highest BCUT2D eigenvalue weighted by atomic mass is 127. The van der Waals surface area contributed by atoms with Gasteiger partial charge in [-0.3, -0.25) is 4.79 Å². The molecule has 1 saturated heterocycles. The maximum atomic E-state index is 11.8. The van der Waals surface area contributed by atoms with E-state index in [1.54, 1.807) is 19.0 Å². The van der Waals surface area contributed by atoms with Gasteiger partial charge in [-0.1, -0.05) is 26.7 Å². The lowest BCUT2D eigenvalue weighted by Crippen LogP contribution is -2.46. The molecular weight excluding hydrogens is 441 g/mol. The minimum Gasteiger partial charge on any atom is -0.356 e. The summed E-state index contributed by atoms with van der Waals surface area (Å²) in [5, 5.41) is 6.92. The van der Waals surface area contributed by atoms with Crippen LogP contribution >= 0.6 is 24.0 Å². The van der Waals surface area contributed by atoms with Crippen molar-refractivity contribution in [3.63, 3.8) is 0 Å². The van der Waals surface area contributed by atoms with Crippen molar-refractivity contribution in [2.75, 3.05) is 46.8 Å². The molecule has 1 heterocycles. The summed E-state index contributed by atoms with van der Waals surface area (Å²) in [6.45, 7) is 8.91. The number of hydrogen-bond donors (Lipinski definition) is 2. The number of amides is 1. The van der Waals surface area contributed by atoms with Gasteiger partial charge in [-0.05, 0) is 31.1 Å². The van der Waals surface area contributed by atoms with Gasteiger partial charge < -0.3 is 20.4 Å². The smallest absolute Gasteiger partial charge is 0.243 e. The molecule has 1 aliphatic heterocycles. The van der Waals surface area contributed by atoms with E-state index in [1.807, 2.05) is 0 Å². The maximum absolute atomic E-state index is 11.8. The fourth-order valence-electron chi connectivity index (χ4n) is 3.61. The van der Waals surface area contributed by atoms with Gasteiger partial charge in [0.1, 0.15) is 6.54 Å². The molecule has 0 aromatic rings. The van der Waals surface area contributed by atoms with E-state index < -0.39 is 0 Å². The SMILES string of the molecule is CC(C)CNC(=NCC(=O)N(C)C)NC1CCN(CC2CCCC2)C1.I. The van der Waals surface area contributed by atoms with Crippen molar-refractivity contribution in [1.82, 2.24) is 20.4 Å². The highest BCUT2D eigenvalue weighted by Gasteiger charge is 2.26. The zero-order valence-electron chi connectivity index (χ0n) is 17.0. The number of likely N-dealkylation sites (tertiary alicyclic amines) is 1. The Kier molecular flexibility index (Phi) is 10.8. The quantitative estimate of drug-likeness (QED) is 0.334. The lowest BCUT2D eigenvalue weighted by atomic mass is 10.1. The second-order valence-corrected chi connectivity index (χ2v) is 8.27. The summed E-state index contributed by atoms with van der Waals surface area (Å²) < 4.78 is 0. The van der Waals surface area contributed by atoms with Crippen LogP contribution in [-0.4, -0.2) is 74.5 Å². The lowest BCUT2D eigenvalue weighted by Gasteiger charge is -2.22. The normalized spacial score (nSPS) is 21.7. The predicted molar refractivity (Wildman–Crippen MR) is 119 cm³/mol. The molecule has 2 N–H and O–H groups in total. The van der Waals surface area contributed by atoms with Crippen molar-refractivity contribution in [3.05, 3.63) is 0 Å². The van der Waals surface area contributed by atoms with E-state index in [1.165, 1.54) is 38.8 Å². The number of carbonyl (C=O) groups excluding carboxylic acids is 1. The fraction of sp³-hybridized carbons (Fsp3) is 0.895. The highest BCUT2D eigenvalue weighted by Crippen LogP contribution is 2.26. The van der Waals surface area contributed by atoms with Gasteiger partial charge in [0.2, 0.25) is 5.91 Å². The van der Waals surface area contributed by atoms with E-state index in [0.717, 1.165) is 31.4 Å². The molecule has 152 valence electrons. The number of likely N-dealkylation sites (N-methyl/N-ethyl adjacent to an activating group) is 1. The minimum atomic E-state index is 0. The summed E-state index contributed by atoms with van der Waals surface area (Å²) in [4.78, 5) is 20.5. The standard InChI is InChI=1S/C19H37N5O.HI/c1-15(2)11-20-19(21-12-18(25)23(3)4)22-17-9-10-24(14-17)13-16-7-5-6-8-16;/h15-17H,5-14H2,1-4H3,(H2,20,21,22);1H. The van der Waals surface area contributed by atoms with E-state index >= 15 is 0 Å². The molecule has 1 saturated carbocycles. The molecule has 2 fully saturated rings. The summed E-state index contributed by atoms with van der Waals surface area (Å²) >= 11 is 0. The molecule has 1 atom stereocenters. The van der Waals surface area contributed by atoms with E-state index in [4.69, 9.17) is 0 Å². The number of hydrogen-bond acceptors (Lipinski definition) is 3. The fourth-order valence-corrected chi connectivity index (χ4v) is 3.61. The van der Waals surface area contributed by atoms with Gasteiger partial charge in [0.15, 0.2) is 5.96 Å². The first-order chi connectivity index (χ1) is 11.9. The Balaban J connectivity index is 0.00000338. The minimum absolute atomic E-state index is 0. The van der Waals surface area contributed by atoms with E-state index in [9.17, 15) is 4.79 Å². The van der Waals surface area contributed by atoms with Crippen molar-refractivity contribution in [2.45, 2.75) is 52.0 Å². The molecule has 0 aromatic heterocycles. The average molecular weight is 479 g/mol. The Hall–Kier alpha value is -0.570. The van der Waals surface area contributed by atoms with Crippen molar-refractivity contribution < 1.29 is 4.79 Å². The molecule has 26 heavy (non-hydrogen) atoms. The zero-order chi connectivity index (χ0) is 18.2. The van der Waals surface area contributed by atoms with Crippen molar-refractivity contribution in [2.24, 2.45) is 16.8 Å². The first kappa shape index (κ1) is 23.5. The summed E-state index contributed by atoms with van der Waals surface area (Å²) in [6.07, 6.45) is 6.79. The number of rotatable bonds is 7. The average Bonchev–Trinajstić information content (AvgIpc) is 3.22. The molecular formula is C19H38IN5O. The second-order valence-electron chi connectivity index (χ2n) is 8.27. The van der Waals surface area contributed by atoms with Gasteiger partial charge in [-0.2, -0.15) is 0 Å². The molecule has 1 amide bonds. The van der Waals surface area contributed by atoms with E-state index in [2.05, 4.69) is 34.4 Å². The summed E-state index contributed by atoms with van der Waals surface area (Å²) in [5.74, 6) is 2.25. The van der Waals surface area contributed by atoms with Crippen molar-refractivity contribution in [1.29, 1.82) is 0 Å². The first-order valence-electron chi connectivity index (χ1n) is 9.91. The number of aliphatic imine (C=N–C) groups is 1. The number of nitrogens with one attached hydrogen (secondary N) is 2. The van der Waals surface area contributed by atoms with Crippen LogP contribution < -0.4 is 10.6 Å². The summed E-state index contributed by atoms with van der Waals surface area (Å²) in [5.41, 5.74) is 0. The molecule has 0 spiro atoms. The number of halogens is 1. The van der Waals surface area contributed by atoms with Crippen LogP contribution in [0.3, 0.4) is 0 Å². The molecule has 1 unspecified atom stereocenters. The summed E-state index contributed by atoms with van der Waals surface area (Å²) in [6, 6.07) is 0.425. The molecule has 2 rings (SSSR count). The van der Waals surface area contributed by atoms with Crippen LogP contribution in [0.5, 0.6) is 0 Å². The van der Waals surface area contributed by atoms with E-state index in [0.29, 0.717) is 12.0 Å². The van der Waals surface area contributed by atoms with E-state index in [-0.39, 0.29) is 36.4 Å². The third kappa shape index (κ3) is 8.41. The van der Waals surface area contributed by atoms with Crippen LogP contribution in [0.4, 0.5) is 0 Å². The number of nitrogens with zero attached hydrogens (tertiary/aromatic N) is 3. The Morgan fingerprint density at radius 1 is 1.23 bits per heavy atom. The Labute approximate surface area is 176 Å². The summed E-state index contributed by atoms with van der Waals surface area (Å²) in [7, 11) is 3.54. The Morgan fingerprint density at radius 2 is 1.92 bits per heavy atom. The molecule has 0 aromatic carbocycles. The maximum Gasteiger partial charge on any atom is 0.243 e. The topological polar surface area (TPSA) is 60.0 Å². The lowest BCUT2D eigenvalue weighted by molar-refractivity contribution is -0.127. The molecule has 0 radical (unpaired) electrons. The van der Waals surface area contributed by atoms with Crippen LogP contribution in [-0.2, 0) is 4.79 Å². The van der Waals surface area contributed by atoms with Crippen LogP contribution in [0.15, 0.2) is 4.99 Å². The van der Waals surface area contributed by atoms with Gasteiger partial charge in [-0.25, -0.2) is 4.99 Å². The zero-order valence-corrected chi connectivity index (χ0v) is 19.3. The van der Waals surface area contributed by atoms with Gasteiger partial charge in [-0.15, -0.1) is 24.0 Å². The van der Waals surface area contributed by atoms with Gasteiger partial charge in [0.05, 0.1) is 0 Å². The number of guanidine groups is 1. The van der Waals surface area contributed by atoms with Gasteiger partial charge >= 0.3 is 0 Å². The Bertz CT molecular complexity index is 449. The Morgan fingerprint density at radius 3 is 2.54 bits per heavy atom. The molecule has 2 aliphatic rings. The van der Waals surface area contributed by atoms with Crippen molar-refractivity contribution >= 4 is 35.8 Å². The largest absolute Gasteiger partial charge is 0.356 e. The van der Waals surface area contributed by atoms with Crippen LogP contribution in [0.1, 0.15) is 46.0 Å². The first-order valence-corrected chi connectivity index (χ1v) is 9.91. The van der Waals surface area contributed by atoms with Crippen LogP contribution in [0.2, 0.25) is 0 Å². The predicted octanol–water partition coefficient (Wildman–Crippen LogP) is 2.15. The van der Waals surface area contributed by atoms with Crippen molar-refractivity contribution in [3.8, 4) is 0 Å². The second kappa shape index (κ2) is 12.0. The van der Waals surface area contributed by atoms with Crippen LogP contribution in [0, 0.1) is 11.8 Å². The molecule has 0 bridgehead atoms. The molecule has 7 heteroatoms. The highest BCUT2D eigenvalue weighted by molar-refractivity contribution is 14.0. The monoisotopic (exact) mass is 479 g/mol.